The molecule has 0 bridgehead atoms. The number of fused-ring (bicyclic) bond motifs is 1. The Morgan fingerprint density at radius 2 is 2.20 bits per heavy atom. The van der Waals surface area contributed by atoms with Crippen LogP contribution in [0.15, 0.2) is 12.7 Å². The van der Waals surface area contributed by atoms with E-state index in [9.17, 15) is 4.57 Å². The van der Waals surface area contributed by atoms with Crippen molar-refractivity contribution in [3.63, 3.8) is 0 Å². The third-order valence-corrected chi connectivity index (χ3v) is 3.34. The fraction of sp³-hybridized carbons (Fsp3) is 0.500. The van der Waals surface area contributed by atoms with Gasteiger partial charge in [-0.2, -0.15) is 0 Å². The molecule has 0 saturated carbocycles. The molecule has 0 aliphatic heterocycles. The van der Waals surface area contributed by atoms with Gasteiger partial charge < -0.3 is 24.8 Å². The molecule has 4 N–H and O–H groups in total. The molecule has 9 nitrogen and oxygen atoms in total. The van der Waals surface area contributed by atoms with Crippen LogP contribution < -0.4 is 5.73 Å². The molecule has 10 heteroatoms. The molecule has 0 aliphatic carbocycles. The Morgan fingerprint density at radius 1 is 1.45 bits per heavy atom. The Kier molecular flexibility index (Phi) is 4.34. The molecule has 2 aromatic heterocycles. The van der Waals surface area contributed by atoms with Gasteiger partial charge in [0, 0.05) is 0 Å². The first-order chi connectivity index (χ1) is 9.42. The number of imidazole rings is 1. The van der Waals surface area contributed by atoms with E-state index < -0.39 is 13.9 Å². The zero-order valence-electron chi connectivity index (χ0n) is 10.9. The summed E-state index contributed by atoms with van der Waals surface area (Å²) in [6.07, 6.45) is 3.01. The zero-order valence-corrected chi connectivity index (χ0v) is 11.8. The van der Waals surface area contributed by atoms with Gasteiger partial charge in [-0.25, -0.2) is 15.0 Å². The number of hydrogen-bond donors (Lipinski definition) is 3. The molecule has 20 heavy (non-hydrogen) atoms. The summed E-state index contributed by atoms with van der Waals surface area (Å²) in [4.78, 5) is 29.7. The van der Waals surface area contributed by atoms with Crippen LogP contribution in [0.3, 0.4) is 0 Å². The topological polar surface area (TPSA) is 136 Å². The Morgan fingerprint density at radius 3 is 2.85 bits per heavy atom. The molecule has 0 fully saturated rings. The van der Waals surface area contributed by atoms with E-state index in [4.69, 9.17) is 20.3 Å². The van der Waals surface area contributed by atoms with E-state index in [0.29, 0.717) is 23.4 Å². The normalized spacial score (nSPS) is 13.8. The predicted molar refractivity (Wildman–Crippen MR) is 71.9 cm³/mol. The molecule has 2 aromatic rings. The summed E-state index contributed by atoms with van der Waals surface area (Å²) in [5, 5.41) is 0. The monoisotopic (exact) mass is 301 g/mol. The number of aromatic nitrogens is 4. The molecular weight excluding hydrogens is 285 g/mol. The van der Waals surface area contributed by atoms with Gasteiger partial charge in [0.25, 0.3) is 0 Å². The van der Waals surface area contributed by atoms with Gasteiger partial charge in [0.05, 0.1) is 19.0 Å². The van der Waals surface area contributed by atoms with Crippen LogP contribution in [-0.2, 0) is 9.30 Å². The fourth-order valence-electron chi connectivity index (χ4n) is 1.84. The second-order valence-electron chi connectivity index (χ2n) is 4.31. The minimum atomic E-state index is -4.16. The second-order valence-corrected chi connectivity index (χ2v) is 5.90. The van der Waals surface area contributed by atoms with Gasteiger partial charge in [-0.1, -0.05) is 6.92 Å². The zero-order chi connectivity index (χ0) is 14.8. The lowest BCUT2D eigenvalue weighted by atomic mass is 10.2. The first kappa shape index (κ1) is 14.9. The Labute approximate surface area is 115 Å². The average molecular weight is 301 g/mol. The molecule has 0 spiro atoms. The van der Waals surface area contributed by atoms with Gasteiger partial charge in [0.1, 0.15) is 18.2 Å². The van der Waals surface area contributed by atoms with Crippen molar-refractivity contribution in [2.24, 2.45) is 0 Å². The summed E-state index contributed by atoms with van der Waals surface area (Å²) < 4.78 is 17.6. The van der Waals surface area contributed by atoms with Crippen LogP contribution in [0.25, 0.3) is 11.2 Å². The SMILES string of the molecule is CCC(COCP(=O)(O)O)n1cnc2c(N)ncnc21. The first-order valence-electron chi connectivity index (χ1n) is 5.97. The summed E-state index contributed by atoms with van der Waals surface area (Å²) in [6.45, 7) is 2.08. The number of ether oxygens (including phenoxy) is 1. The van der Waals surface area contributed by atoms with E-state index in [1.54, 1.807) is 10.9 Å². The summed E-state index contributed by atoms with van der Waals surface area (Å²) in [6, 6.07) is -0.138. The van der Waals surface area contributed by atoms with Crippen LogP contribution in [0.5, 0.6) is 0 Å². The molecule has 0 saturated heterocycles. The quantitative estimate of drug-likeness (QED) is 0.656. The smallest absolute Gasteiger partial charge is 0.350 e. The van der Waals surface area contributed by atoms with Crippen LogP contribution in [0.1, 0.15) is 19.4 Å². The molecule has 2 rings (SSSR count). The maximum Gasteiger partial charge on any atom is 0.350 e. The summed E-state index contributed by atoms with van der Waals surface area (Å²) in [5.41, 5.74) is 6.78. The van der Waals surface area contributed by atoms with E-state index in [1.165, 1.54) is 6.33 Å². The molecule has 1 unspecified atom stereocenters. The number of nitrogens with two attached hydrogens (primary N) is 1. The van der Waals surface area contributed by atoms with Crippen molar-refractivity contribution >= 4 is 24.6 Å². The minimum Gasteiger partial charge on any atom is -0.382 e. The second kappa shape index (κ2) is 5.84. The number of hydrogen-bond acceptors (Lipinski definition) is 6. The van der Waals surface area contributed by atoms with Crippen molar-refractivity contribution < 1.29 is 19.1 Å². The van der Waals surface area contributed by atoms with Gasteiger partial charge in [-0.15, -0.1) is 0 Å². The third-order valence-electron chi connectivity index (χ3n) is 2.82. The highest BCUT2D eigenvalue weighted by Crippen LogP contribution is 2.34. The molecule has 0 radical (unpaired) electrons. The van der Waals surface area contributed by atoms with Crippen molar-refractivity contribution in [1.29, 1.82) is 0 Å². The maximum atomic E-state index is 10.8. The number of nitrogens with zero attached hydrogens (tertiary/aromatic N) is 4. The summed E-state index contributed by atoms with van der Waals surface area (Å²) in [5.74, 6) is 0.291. The largest absolute Gasteiger partial charge is 0.382 e. The Balaban J connectivity index is 2.18. The minimum absolute atomic E-state index is 0.138. The molecule has 110 valence electrons. The lowest BCUT2D eigenvalue weighted by Crippen LogP contribution is -2.15. The molecule has 2 heterocycles. The van der Waals surface area contributed by atoms with Crippen molar-refractivity contribution in [1.82, 2.24) is 19.5 Å². The number of nitrogen functional groups attached to an aromatic ring is 1. The predicted octanol–water partition coefficient (Wildman–Crippen LogP) is 0.511. The third kappa shape index (κ3) is 3.31. The Hall–Kier alpha value is -1.54. The van der Waals surface area contributed by atoms with E-state index >= 15 is 0 Å². The highest BCUT2D eigenvalue weighted by molar-refractivity contribution is 7.51. The standard InChI is InChI=1S/C10H16N5O4P/c1-2-7(3-19-6-20(16,17)18)15-5-14-8-9(11)12-4-13-10(8)15/h4-5,7H,2-3,6H2,1H3,(H2,11,12,13)(H2,16,17,18). The fourth-order valence-corrected chi connectivity index (χ4v) is 2.18. The van der Waals surface area contributed by atoms with E-state index in [-0.39, 0.29) is 12.6 Å². The maximum absolute atomic E-state index is 10.8. The lowest BCUT2D eigenvalue weighted by molar-refractivity contribution is 0.123. The molecule has 0 aromatic carbocycles. The van der Waals surface area contributed by atoms with Gasteiger partial charge in [-0.3, -0.25) is 4.57 Å². The highest BCUT2D eigenvalue weighted by Gasteiger charge is 2.18. The van der Waals surface area contributed by atoms with Crippen LogP contribution >= 0.6 is 7.60 Å². The van der Waals surface area contributed by atoms with Crippen LogP contribution in [0.4, 0.5) is 5.82 Å². The van der Waals surface area contributed by atoms with Crippen LogP contribution in [-0.4, -0.2) is 42.3 Å². The van der Waals surface area contributed by atoms with Crippen molar-refractivity contribution in [3.8, 4) is 0 Å². The molecular formula is C10H16N5O4P. The van der Waals surface area contributed by atoms with Gasteiger partial charge in [0.2, 0.25) is 0 Å². The molecule has 1 atom stereocenters. The summed E-state index contributed by atoms with van der Waals surface area (Å²) in [7, 11) is -4.16. The van der Waals surface area contributed by atoms with E-state index in [2.05, 4.69) is 15.0 Å². The summed E-state index contributed by atoms with van der Waals surface area (Å²) >= 11 is 0. The average Bonchev–Trinajstić information content (AvgIpc) is 2.79. The van der Waals surface area contributed by atoms with Gasteiger partial charge >= 0.3 is 7.60 Å². The number of rotatable bonds is 6. The van der Waals surface area contributed by atoms with Gasteiger partial charge in [0.15, 0.2) is 11.5 Å². The molecule has 0 aliphatic rings. The highest BCUT2D eigenvalue weighted by atomic mass is 31.2. The van der Waals surface area contributed by atoms with E-state index in [1.807, 2.05) is 6.92 Å². The molecule has 0 amide bonds. The van der Waals surface area contributed by atoms with Crippen molar-refractivity contribution in [3.05, 3.63) is 12.7 Å². The van der Waals surface area contributed by atoms with Crippen molar-refractivity contribution in [2.45, 2.75) is 19.4 Å². The van der Waals surface area contributed by atoms with Gasteiger partial charge in [-0.05, 0) is 6.42 Å². The van der Waals surface area contributed by atoms with Crippen LogP contribution in [0, 0.1) is 0 Å². The lowest BCUT2D eigenvalue weighted by Gasteiger charge is -2.17. The number of anilines is 1. The van der Waals surface area contributed by atoms with Crippen molar-refractivity contribution in [2.75, 3.05) is 18.7 Å². The first-order valence-corrected chi connectivity index (χ1v) is 7.77. The Bertz CT molecular complexity index is 640. The van der Waals surface area contributed by atoms with Crippen LogP contribution in [0.2, 0.25) is 0 Å². The van der Waals surface area contributed by atoms with E-state index in [0.717, 1.165) is 0 Å².